The number of hydrogen-bond donors (Lipinski definition) is 1. The number of rotatable bonds is 23. The minimum absolute atomic E-state index is 0.139. The number of unbranched alkanes of at least 4 members (excludes halogenated alkanes) is 2. The standard InChI is InChI=1S/C54H61F3N6O3SSi2/c1-3-5-37-68(46-19-11-7-12-20-46,47-21-13-8-14-22-47)65-35-31-63(32-36-66-69(38-6-4-2,48-23-15-9-16-24-48)49-25-17-10-18-26-49)53-59-42-50(67-53)43-39-44(41-45(40-43)62-29-33-64-34-30-62)60-52-58-28-27-51(61-52)54(55,56)57/h7-28,39-42H,3-6,29-38H2,1-2H3,(H,58,60,61). The number of aromatic nitrogens is 3. The Morgan fingerprint density at radius 3 is 1.67 bits per heavy atom. The Bertz CT molecular complexity index is 2470. The number of nitrogens with zero attached hydrogens (tertiary/aromatic N) is 5. The first-order chi connectivity index (χ1) is 33.7. The van der Waals surface area contributed by atoms with Crippen LogP contribution in [0.2, 0.25) is 12.1 Å². The molecule has 0 bridgehead atoms. The van der Waals surface area contributed by atoms with Gasteiger partial charge in [0.25, 0.3) is 16.6 Å². The number of morpholine rings is 1. The monoisotopic (exact) mass is 986 g/mol. The first-order valence-electron chi connectivity index (χ1n) is 24.1. The fraction of sp³-hybridized carbons (Fsp3) is 0.315. The molecule has 1 N–H and O–H groups in total. The average Bonchev–Trinajstić information content (AvgIpc) is 3.90. The van der Waals surface area contributed by atoms with Crippen LogP contribution >= 0.6 is 11.3 Å². The molecule has 0 atom stereocenters. The van der Waals surface area contributed by atoms with E-state index in [1.807, 2.05) is 18.3 Å². The quantitative estimate of drug-likeness (QED) is 0.0630. The van der Waals surface area contributed by atoms with Gasteiger partial charge in [-0.15, -0.1) is 0 Å². The van der Waals surface area contributed by atoms with Gasteiger partial charge in [-0.2, -0.15) is 13.2 Å². The van der Waals surface area contributed by atoms with Crippen LogP contribution in [0.5, 0.6) is 0 Å². The molecule has 15 heteroatoms. The molecule has 8 rings (SSSR count). The van der Waals surface area contributed by atoms with E-state index < -0.39 is 28.5 Å². The average molecular weight is 987 g/mol. The number of nitrogens with one attached hydrogen (secondary N) is 1. The van der Waals surface area contributed by atoms with E-state index in [0.717, 1.165) is 71.3 Å². The van der Waals surface area contributed by atoms with Crippen LogP contribution < -0.4 is 35.9 Å². The van der Waals surface area contributed by atoms with Crippen molar-refractivity contribution in [1.29, 1.82) is 0 Å². The summed E-state index contributed by atoms with van der Waals surface area (Å²) >= 11 is 1.57. The highest BCUT2D eigenvalue weighted by Gasteiger charge is 2.41. The Kier molecular flexibility index (Phi) is 17.1. The summed E-state index contributed by atoms with van der Waals surface area (Å²) < 4.78 is 61.6. The molecule has 9 nitrogen and oxygen atoms in total. The molecule has 69 heavy (non-hydrogen) atoms. The van der Waals surface area contributed by atoms with Gasteiger partial charge in [0.2, 0.25) is 5.95 Å². The van der Waals surface area contributed by atoms with Crippen LogP contribution in [0.1, 0.15) is 45.2 Å². The third-order valence-corrected chi connectivity index (χ3v) is 22.4. The summed E-state index contributed by atoms with van der Waals surface area (Å²) in [4.78, 5) is 18.5. The maximum Gasteiger partial charge on any atom is 0.433 e. The van der Waals surface area contributed by atoms with Gasteiger partial charge in [0.05, 0.1) is 31.3 Å². The van der Waals surface area contributed by atoms with Crippen molar-refractivity contribution in [3.05, 3.63) is 164 Å². The Balaban J connectivity index is 1.14. The van der Waals surface area contributed by atoms with Crippen LogP contribution in [0.15, 0.2) is 158 Å². The van der Waals surface area contributed by atoms with Crippen LogP contribution in [-0.2, 0) is 19.8 Å². The van der Waals surface area contributed by atoms with Crippen LogP contribution in [0.25, 0.3) is 10.4 Å². The van der Waals surface area contributed by atoms with Crippen molar-refractivity contribution in [2.45, 2.75) is 57.8 Å². The third-order valence-electron chi connectivity index (χ3n) is 12.7. The second-order valence-electron chi connectivity index (χ2n) is 17.3. The second-order valence-corrected chi connectivity index (χ2v) is 25.5. The van der Waals surface area contributed by atoms with E-state index in [2.05, 4.69) is 166 Å². The van der Waals surface area contributed by atoms with Gasteiger partial charge in [-0.1, -0.05) is 172 Å². The molecule has 5 aromatic carbocycles. The van der Waals surface area contributed by atoms with Crippen molar-refractivity contribution in [2.24, 2.45) is 0 Å². The number of benzene rings is 5. The number of halogens is 3. The Morgan fingerprint density at radius 2 is 1.19 bits per heavy atom. The highest BCUT2D eigenvalue weighted by atomic mass is 32.1. The summed E-state index contributed by atoms with van der Waals surface area (Å²) in [5, 5.41) is 8.93. The van der Waals surface area contributed by atoms with E-state index in [4.69, 9.17) is 18.6 Å². The van der Waals surface area contributed by atoms with E-state index >= 15 is 0 Å². The largest absolute Gasteiger partial charge is 0.433 e. The number of thiazole rings is 1. The lowest BCUT2D eigenvalue weighted by molar-refractivity contribution is -0.141. The topological polar surface area (TPSA) is 84.9 Å². The van der Waals surface area contributed by atoms with Gasteiger partial charge in [0.15, 0.2) is 5.13 Å². The Hall–Kier alpha value is -5.69. The molecule has 0 aliphatic carbocycles. The van der Waals surface area contributed by atoms with Crippen LogP contribution in [0.3, 0.4) is 0 Å². The van der Waals surface area contributed by atoms with Crippen molar-refractivity contribution >= 4 is 71.2 Å². The predicted octanol–water partition coefficient (Wildman–Crippen LogP) is 10.2. The zero-order valence-electron chi connectivity index (χ0n) is 39.4. The van der Waals surface area contributed by atoms with Crippen LogP contribution in [0, 0.1) is 0 Å². The molecule has 1 aliphatic rings. The maximum atomic E-state index is 13.7. The molecular weight excluding hydrogens is 926 g/mol. The first kappa shape index (κ1) is 49.7. The summed E-state index contributed by atoms with van der Waals surface area (Å²) in [5.41, 5.74) is 1.32. The summed E-state index contributed by atoms with van der Waals surface area (Å²) in [6, 6.07) is 51.8. The molecule has 0 amide bonds. The highest BCUT2D eigenvalue weighted by molar-refractivity contribution is 7.18. The van der Waals surface area contributed by atoms with E-state index in [1.54, 1.807) is 11.3 Å². The van der Waals surface area contributed by atoms with Crippen molar-refractivity contribution in [1.82, 2.24) is 15.0 Å². The number of anilines is 4. The normalized spacial score (nSPS) is 13.4. The lowest BCUT2D eigenvalue weighted by atomic mass is 10.1. The fourth-order valence-electron chi connectivity index (χ4n) is 9.11. The van der Waals surface area contributed by atoms with Crippen molar-refractivity contribution in [3.63, 3.8) is 0 Å². The van der Waals surface area contributed by atoms with E-state index in [0.29, 0.717) is 58.3 Å². The molecule has 0 spiro atoms. The zero-order valence-corrected chi connectivity index (χ0v) is 42.2. The van der Waals surface area contributed by atoms with E-state index in [1.165, 1.54) is 20.7 Å². The van der Waals surface area contributed by atoms with Crippen LogP contribution in [0.4, 0.5) is 35.6 Å². The second kappa shape index (κ2) is 23.8. The van der Waals surface area contributed by atoms with Crippen molar-refractivity contribution in [3.8, 4) is 10.4 Å². The lowest BCUT2D eigenvalue weighted by Gasteiger charge is -2.35. The number of hydrogen-bond acceptors (Lipinski definition) is 10. The molecule has 0 unspecified atom stereocenters. The van der Waals surface area contributed by atoms with Gasteiger partial charge in [-0.25, -0.2) is 15.0 Å². The summed E-state index contributed by atoms with van der Waals surface area (Å²) in [6.45, 7) is 9.06. The van der Waals surface area contributed by atoms with Gasteiger partial charge in [-0.05, 0) is 62.7 Å². The molecular formula is C54H61F3N6O3SSi2. The number of alkyl halides is 3. The van der Waals surface area contributed by atoms with Gasteiger partial charge < -0.3 is 28.7 Å². The molecule has 360 valence electrons. The van der Waals surface area contributed by atoms with E-state index in [9.17, 15) is 13.2 Å². The molecule has 1 aliphatic heterocycles. The zero-order chi connectivity index (χ0) is 47.9. The molecule has 0 radical (unpaired) electrons. The maximum absolute atomic E-state index is 13.7. The van der Waals surface area contributed by atoms with Gasteiger partial charge in [-0.3, -0.25) is 0 Å². The molecule has 3 heterocycles. The summed E-state index contributed by atoms with van der Waals surface area (Å²) in [7, 11) is -5.37. The van der Waals surface area contributed by atoms with Crippen molar-refractivity contribution < 1.29 is 26.8 Å². The van der Waals surface area contributed by atoms with Gasteiger partial charge >= 0.3 is 6.18 Å². The predicted molar refractivity (Wildman–Crippen MR) is 280 cm³/mol. The highest BCUT2D eigenvalue weighted by Crippen LogP contribution is 2.37. The van der Waals surface area contributed by atoms with Gasteiger partial charge in [0.1, 0.15) is 5.69 Å². The minimum atomic E-state index is -4.61. The molecule has 1 fully saturated rings. The van der Waals surface area contributed by atoms with E-state index in [-0.39, 0.29) is 5.95 Å². The van der Waals surface area contributed by atoms with Gasteiger partial charge in [0, 0.05) is 49.9 Å². The smallest absolute Gasteiger partial charge is 0.406 e. The Morgan fingerprint density at radius 1 is 0.681 bits per heavy atom. The van der Waals surface area contributed by atoms with Crippen molar-refractivity contribution in [2.75, 3.05) is 67.7 Å². The SMILES string of the molecule is CCCC[Si](OCCN(CCO[Si](CCCC)(c1ccccc1)c1ccccc1)c1ncc(-c2cc(Nc3nccc(C(F)(F)F)n3)cc(N3CCOCC3)c2)s1)(c1ccccc1)c1ccccc1. The molecule has 1 saturated heterocycles. The first-order valence-corrected chi connectivity index (χ1v) is 29.1. The Labute approximate surface area is 410 Å². The third kappa shape index (κ3) is 12.4. The summed E-state index contributed by atoms with van der Waals surface area (Å²) in [5.74, 6) is -0.139. The minimum Gasteiger partial charge on any atom is -0.406 e. The summed E-state index contributed by atoms with van der Waals surface area (Å²) in [6.07, 6.45) is 2.62. The lowest BCUT2D eigenvalue weighted by Crippen LogP contribution is -2.61. The van der Waals surface area contributed by atoms with Crippen LogP contribution in [-0.4, -0.2) is 84.2 Å². The fourth-order valence-corrected chi connectivity index (χ4v) is 18.4. The molecule has 7 aromatic rings. The number of ether oxygens (including phenoxy) is 1. The molecule has 0 saturated carbocycles. The molecule has 2 aromatic heterocycles.